The second-order valence-electron chi connectivity index (χ2n) is 5.10. The van der Waals surface area contributed by atoms with Crippen LogP contribution in [-0.2, 0) is 11.3 Å². The number of likely N-dealkylation sites (tertiary alicyclic amines) is 1. The summed E-state index contributed by atoms with van der Waals surface area (Å²) in [5.74, 6) is 0.127. The second kappa shape index (κ2) is 6.68. The number of amides is 1. The molecular formula is C15H22N2O2. The lowest BCUT2D eigenvalue weighted by atomic mass is 10.1. The van der Waals surface area contributed by atoms with Gasteiger partial charge in [0.15, 0.2) is 0 Å². The van der Waals surface area contributed by atoms with Crippen LogP contribution in [0.2, 0.25) is 0 Å². The Balaban J connectivity index is 1.99. The molecule has 1 saturated heterocycles. The van der Waals surface area contributed by atoms with Gasteiger partial charge in [0, 0.05) is 20.1 Å². The normalized spacial score (nSPS) is 19.6. The predicted octanol–water partition coefficient (Wildman–Crippen LogP) is 1.10. The van der Waals surface area contributed by atoms with Gasteiger partial charge < -0.3 is 10.0 Å². The molecule has 4 heteroatoms. The van der Waals surface area contributed by atoms with Crippen molar-refractivity contribution in [3.8, 4) is 0 Å². The smallest absolute Gasteiger partial charge is 0.239 e. The molecule has 1 heterocycles. The van der Waals surface area contributed by atoms with E-state index in [9.17, 15) is 4.79 Å². The highest BCUT2D eigenvalue weighted by Crippen LogP contribution is 2.21. The van der Waals surface area contributed by atoms with E-state index in [-0.39, 0.29) is 18.6 Å². The van der Waals surface area contributed by atoms with Crippen molar-refractivity contribution in [3.63, 3.8) is 0 Å². The molecule has 1 unspecified atom stereocenters. The molecule has 1 amide bonds. The van der Waals surface area contributed by atoms with Gasteiger partial charge in [-0.05, 0) is 24.9 Å². The maximum absolute atomic E-state index is 12.3. The predicted molar refractivity (Wildman–Crippen MR) is 74.6 cm³/mol. The van der Waals surface area contributed by atoms with Crippen LogP contribution in [0, 0.1) is 0 Å². The number of benzene rings is 1. The topological polar surface area (TPSA) is 43.8 Å². The van der Waals surface area contributed by atoms with Crippen LogP contribution >= 0.6 is 0 Å². The van der Waals surface area contributed by atoms with Gasteiger partial charge in [-0.1, -0.05) is 30.3 Å². The van der Waals surface area contributed by atoms with Crippen LogP contribution in [0.3, 0.4) is 0 Å². The molecule has 0 aliphatic carbocycles. The molecule has 0 saturated carbocycles. The molecule has 104 valence electrons. The maximum atomic E-state index is 12.3. The minimum atomic E-state index is -0.0308. The third-order valence-electron chi connectivity index (χ3n) is 3.69. The van der Waals surface area contributed by atoms with E-state index in [1.165, 1.54) is 5.56 Å². The zero-order chi connectivity index (χ0) is 13.7. The summed E-state index contributed by atoms with van der Waals surface area (Å²) in [6, 6.07) is 10.2. The monoisotopic (exact) mass is 262 g/mol. The summed E-state index contributed by atoms with van der Waals surface area (Å²) >= 11 is 0. The highest BCUT2D eigenvalue weighted by molar-refractivity contribution is 5.82. The fourth-order valence-corrected chi connectivity index (χ4v) is 2.63. The first kappa shape index (κ1) is 14.0. The Labute approximate surface area is 114 Å². The second-order valence-corrected chi connectivity index (χ2v) is 5.10. The van der Waals surface area contributed by atoms with Gasteiger partial charge in [-0.3, -0.25) is 9.69 Å². The summed E-state index contributed by atoms with van der Waals surface area (Å²) in [6.45, 7) is 2.23. The molecule has 0 aromatic heterocycles. The van der Waals surface area contributed by atoms with Crippen LogP contribution in [0.1, 0.15) is 18.4 Å². The first-order valence-corrected chi connectivity index (χ1v) is 6.86. The van der Waals surface area contributed by atoms with E-state index in [0.717, 1.165) is 25.9 Å². The zero-order valence-electron chi connectivity index (χ0n) is 11.5. The molecule has 0 bridgehead atoms. The molecule has 1 aromatic carbocycles. The van der Waals surface area contributed by atoms with Gasteiger partial charge in [-0.15, -0.1) is 0 Å². The average molecular weight is 262 g/mol. The van der Waals surface area contributed by atoms with E-state index in [4.69, 9.17) is 5.11 Å². The van der Waals surface area contributed by atoms with Crippen LogP contribution in [0.4, 0.5) is 0 Å². The number of carbonyl (C=O) groups excluding carboxylic acids is 1. The lowest BCUT2D eigenvalue weighted by Gasteiger charge is -2.27. The van der Waals surface area contributed by atoms with Gasteiger partial charge in [-0.25, -0.2) is 0 Å². The molecule has 1 fully saturated rings. The van der Waals surface area contributed by atoms with Crippen LogP contribution in [0.5, 0.6) is 0 Å². The number of likely N-dealkylation sites (N-methyl/N-ethyl adjacent to an activating group) is 1. The van der Waals surface area contributed by atoms with Crippen LogP contribution in [0.15, 0.2) is 30.3 Å². The standard InChI is InChI=1S/C15H22N2O2/c1-16(10-11-18)15(19)14-8-5-9-17(14)12-13-6-3-2-4-7-13/h2-4,6-7,14,18H,5,8-12H2,1H3. The van der Waals surface area contributed by atoms with Gasteiger partial charge in [0.05, 0.1) is 12.6 Å². The number of carbonyl (C=O) groups is 1. The van der Waals surface area contributed by atoms with Gasteiger partial charge in [-0.2, -0.15) is 0 Å². The van der Waals surface area contributed by atoms with E-state index >= 15 is 0 Å². The van der Waals surface area contributed by atoms with Gasteiger partial charge in [0.25, 0.3) is 0 Å². The van der Waals surface area contributed by atoms with E-state index in [0.29, 0.717) is 6.54 Å². The number of aliphatic hydroxyl groups excluding tert-OH is 1. The Morgan fingerprint density at radius 3 is 2.84 bits per heavy atom. The minimum absolute atomic E-state index is 0.0215. The molecule has 0 radical (unpaired) electrons. The molecule has 1 atom stereocenters. The number of hydrogen-bond donors (Lipinski definition) is 1. The van der Waals surface area contributed by atoms with Crippen molar-refractivity contribution in [2.24, 2.45) is 0 Å². The molecule has 1 aromatic rings. The van der Waals surface area contributed by atoms with E-state index < -0.39 is 0 Å². The Morgan fingerprint density at radius 1 is 1.42 bits per heavy atom. The van der Waals surface area contributed by atoms with Crippen molar-refractivity contribution < 1.29 is 9.90 Å². The number of rotatable bonds is 5. The van der Waals surface area contributed by atoms with Gasteiger partial charge >= 0.3 is 0 Å². The summed E-state index contributed by atoms with van der Waals surface area (Å²) in [5, 5.41) is 8.92. The molecule has 4 nitrogen and oxygen atoms in total. The Morgan fingerprint density at radius 2 is 2.16 bits per heavy atom. The number of nitrogens with zero attached hydrogens (tertiary/aromatic N) is 2. The fraction of sp³-hybridized carbons (Fsp3) is 0.533. The van der Waals surface area contributed by atoms with Gasteiger partial charge in [0.1, 0.15) is 0 Å². The molecule has 1 aliphatic rings. The molecular weight excluding hydrogens is 240 g/mol. The van der Waals surface area contributed by atoms with Crippen molar-refractivity contribution in [1.82, 2.24) is 9.80 Å². The molecule has 19 heavy (non-hydrogen) atoms. The third-order valence-corrected chi connectivity index (χ3v) is 3.69. The minimum Gasteiger partial charge on any atom is -0.395 e. The number of hydrogen-bond acceptors (Lipinski definition) is 3. The summed E-state index contributed by atoms with van der Waals surface area (Å²) in [6.07, 6.45) is 1.98. The first-order chi connectivity index (χ1) is 9.22. The molecule has 1 N–H and O–H groups in total. The lowest BCUT2D eigenvalue weighted by Crippen LogP contribution is -2.44. The summed E-state index contributed by atoms with van der Waals surface area (Å²) in [5.41, 5.74) is 1.24. The van der Waals surface area contributed by atoms with Crippen molar-refractivity contribution in [3.05, 3.63) is 35.9 Å². The fourth-order valence-electron chi connectivity index (χ4n) is 2.63. The highest BCUT2D eigenvalue weighted by Gasteiger charge is 2.32. The van der Waals surface area contributed by atoms with Crippen molar-refractivity contribution >= 4 is 5.91 Å². The molecule has 0 spiro atoms. The highest BCUT2D eigenvalue weighted by atomic mass is 16.3. The zero-order valence-corrected chi connectivity index (χ0v) is 11.5. The first-order valence-electron chi connectivity index (χ1n) is 6.86. The number of aliphatic hydroxyl groups is 1. The van der Waals surface area contributed by atoms with Crippen molar-refractivity contribution in [2.75, 3.05) is 26.7 Å². The van der Waals surface area contributed by atoms with Crippen molar-refractivity contribution in [2.45, 2.75) is 25.4 Å². The van der Waals surface area contributed by atoms with E-state index in [2.05, 4.69) is 17.0 Å². The largest absolute Gasteiger partial charge is 0.395 e. The summed E-state index contributed by atoms with van der Waals surface area (Å²) < 4.78 is 0. The lowest BCUT2D eigenvalue weighted by molar-refractivity contribution is -0.135. The Kier molecular flexibility index (Phi) is 4.93. The summed E-state index contributed by atoms with van der Waals surface area (Å²) in [7, 11) is 1.76. The average Bonchev–Trinajstić information content (AvgIpc) is 2.87. The van der Waals surface area contributed by atoms with Crippen LogP contribution in [0.25, 0.3) is 0 Å². The quantitative estimate of drug-likeness (QED) is 0.864. The Hall–Kier alpha value is -1.39. The van der Waals surface area contributed by atoms with Crippen molar-refractivity contribution in [1.29, 1.82) is 0 Å². The maximum Gasteiger partial charge on any atom is 0.239 e. The van der Waals surface area contributed by atoms with Crippen LogP contribution in [-0.4, -0.2) is 53.6 Å². The third kappa shape index (κ3) is 3.55. The molecule has 2 rings (SSSR count). The van der Waals surface area contributed by atoms with E-state index in [1.54, 1.807) is 11.9 Å². The summed E-state index contributed by atoms with van der Waals surface area (Å²) in [4.78, 5) is 16.2. The Bertz CT molecular complexity index is 408. The van der Waals surface area contributed by atoms with Gasteiger partial charge in [0.2, 0.25) is 5.91 Å². The van der Waals surface area contributed by atoms with E-state index in [1.807, 2.05) is 18.2 Å². The van der Waals surface area contributed by atoms with Crippen LogP contribution < -0.4 is 0 Å². The molecule has 1 aliphatic heterocycles. The SMILES string of the molecule is CN(CCO)C(=O)C1CCCN1Cc1ccccc1.